The van der Waals surface area contributed by atoms with Crippen LogP contribution in [-0.4, -0.2) is 55.0 Å². The third-order valence-electron chi connectivity index (χ3n) is 4.09. The van der Waals surface area contributed by atoms with Crippen LogP contribution in [-0.2, 0) is 30.8 Å². The SMILES string of the molecule is C[SiH](O[Si](C)(C)C)O[Si](C)(CCCC1CC(=O)OC1=O)O[Si](C)(C)O[Si](C)(C)C. The topological polar surface area (TPSA) is 80.3 Å². The van der Waals surface area contributed by atoms with Crippen LogP contribution in [0.15, 0.2) is 0 Å². The largest absolute Gasteiger partial charge is 0.439 e. The fourth-order valence-corrected chi connectivity index (χ4v) is 24.1. The van der Waals surface area contributed by atoms with E-state index in [-0.39, 0.29) is 12.3 Å². The number of carbonyl (C=O) groups is 2. The second-order valence-corrected chi connectivity index (χ2v) is 29.0. The first-order valence-corrected chi connectivity index (χ1v) is 24.7. The lowest BCUT2D eigenvalue weighted by Crippen LogP contribution is -2.56. The van der Waals surface area contributed by atoms with E-state index in [1.54, 1.807) is 0 Å². The molecule has 1 saturated heterocycles. The summed E-state index contributed by atoms with van der Waals surface area (Å²) in [4.78, 5) is 23.1. The number of hydrogen-bond donors (Lipinski definition) is 0. The van der Waals surface area contributed by atoms with Crippen molar-refractivity contribution in [3.63, 3.8) is 0 Å². The van der Waals surface area contributed by atoms with Crippen LogP contribution in [0.4, 0.5) is 0 Å². The van der Waals surface area contributed by atoms with Crippen molar-refractivity contribution in [3.05, 3.63) is 0 Å². The number of rotatable bonds is 12. The van der Waals surface area contributed by atoms with Crippen molar-refractivity contribution >= 4 is 55.0 Å². The van der Waals surface area contributed by atoms with E-state index in [4.69, 9.17) is 16.5 Å². The predicted molar refractivity (Wildman–Crippen MR) is 126 cm³/mol. The van der Waals surface area contributed by atoms with Gasteiger partial charge in [-0.05, 0) is 77.9 Å². The molecule has 1 aliphatic heterocycles. The maximum atomic E-state index is 11.7. The zero-order chi connectivity index (χ0) is 22.7. The molecule has 29 heavy (non-hydrogen) atoms. The average Bonchev–Trinajstić information content (AvgIpc) is 2.70. The molecule has 0 amide bonds. The van der Waals surface area contributed by atoms with Gasteiger partial charge in [-0.25, -0.2) is 0 Å². The maximum absolute atomic E-state index is 11.7. The van der Waals surface area contributed by atoms with E-state index in [2.05, 4.69) is 70.2 Å². The Morgan fingerprint density at radius 1 is 0.931 bits per heavy atom. The summed E-state index contributed by atoms with van der Waals surface area (Å²) in [6.45, 7) is 21.3. The van der Waals surface area contributed by atoms with Gasteiger partial charge in [0, 0.05) is 0 Å². The summed E-state index contributed by atoms with van der Waals surface area (Å²) in [5.41, 5.74) is 0. The summed E-state index contributed by atoms with van der Waals surface area (Å²) < 4.78 is 30.5. The smallest absolute Gasteiger partial charge is 0.317 e. The fraction of sp³-hybridized carbons (Fsp3) is 0.882. The normalized spacial score (nSPS) is 21.8. The quantitative estimate of drug-likeness (QED) is 0.227. The summed E-state index contributed by atoms with van der Waals surface area (Å²) in [5, 5.41) is 0. The average molecular weight is 497 g/mol. The summed E-state index contributed by atoms with van der Waals surface area (Å²) in [5.74, 6) is -1.16. The van der Waals surface area contributed by atoms with Gasteiger partial charge in [0.25, 0.3) is 9.28 Å². The Kier molecular flexibility index (Phi) is 9.46. The number of hydrogen-bond acceptors (Lipinski definition) is 7. The van der Waals surface area contributed by atoms with Gasteiger partial charge in [-0.2, -0.15) is 0 Å². The Morgan fingerprint density at radius 3 is 1.97 bits per heavy atom. The van der Waals surface area contributed by atoms with E-state index in [0.717, 1.165) is 12.5 Å². The molecule has 0 radical (unpaired) electrons. The highest BCUT2D eigenvalue weighted by molar-refractivity contribution is 6.88. The first-order valence-electron chi connectivity index (χ1n) is 10.4. The van der Waals surface area contributed by atoms with Gasteiger partial charge in [-0.3, -0.25) is 9.59 Å². The number of ether oxygens (including phenoxy) is 1. The first kappa shape index (κ1) is 27.1. The van der Waals surface area contributed by atoms with Crippen LogP contribution in [0.2, 0.25) is 71.5 Å². The number of carbonyl (C=O) groups excluding carboxylic acids is 2. The Balaban J connectivity index is 2.83. The van der Waals surface area contributed by atoms with Crippen LogP contribution in [0.1, 0.15) is 19.3 Å². The second-order valence-electron chi connectivity index (χ2n) is 10.4. The molecule has 7 nitrogen and oxygen atoms in total. The zero-order valence-electron chi connectivity index (χ0n) is 19.8. The van der Waals surface area contributed by atoms with E-state index in [0.29, 0.717) is 6.42 Å². The van der Waals surface area contributed by atoms with Gasteiger partial charge in [-0.15, -0.1) is 0 Å². The standard InChI is InChI=1S/C17H40O7Si5/c1-25(21-26(2,3)4)22-29(10,24-28(8,9)23-27(5,6)7)13-11-12-15-14-16(18)20-17(15)19/h15,25H,11-14H2,1-10H3. The second kappa shape index (κ2) is 10.1. The minimum Gasteiger partial charge on any atom is -0.439 e. The van der Waals surface area contributed by atoms with E-state index < -0.39 is 55.0 Å². The van der Waals surface area contributed by atoms with Crippen molar-refractivity contribution < 1.29 is 30.8 Å². The van der Waals surface area contributed by atoms with Crippen LogP contribution in [0.5, 0.6) is 0 Å². The van der Waals surface area contributed by atoms with Gasteiger partial charge in [0.1, 0.15) is 0 Å². The van der Waals surface area contributed by atoms with E-state index in [9.17, 15) is 9.59 Å². The third kappa shape index (κ3) is 11.3. The summed E-state index contributed by atoms with van der Waals surface area (Å²) in [6.07, 6.45) is 1.55. The molecule has 1 aliphatic rings. The molecule has 3 atom stereocenters. The molecule has 0 aliphatic carbocycles. The molecule has 0 N–H and O–H groups in total. The van der Waals surface area contributed by atoms with Crippen molar-refractivity contribution in [1.29, 1.82) is 0 Å². The molecule has 3 unspecified atom stereocenters. The highest BCUT2D eigenvalue weighted by Gasteiger charge is 2.44. The molecular weight excluding hydrogens is 457 g/mol. The van der Waals surface area contributed by atoms with Gasteiger partial charge < -0.3 is 21.2 Å². The molecule has 1 heterocycles. The molecule has 1 fully saturated rings. The molecule has 170 valence electrons. The van der Waals surface area contributed by atoms with Crippen molar-refractivity contribution in [2.75, 3.05) is 0 Å². The van der Waals surface area contributed by atoms with Gasteiger partial charge in [0.2, 0.25) is 0 Å². The molecule has 0 spiro atoms. The highest BCUT2D eigenvalue weighted by atomic mass is 28.5. The molecule has 0 saturated carbocycles. The molecule has 0 aromatic rings. The summed E-state index contributed by atoms with van der Waals surface area (Å²) in [7, 11) is -10.3. The Bertz CT molecular complexity index is 588. The first-order chi connectivity index (χ1) is 12.9. The molecule has 1 rings (SSSR count). The van der Waals surface area contributed by atoms with Crippen LogP contribution < -0.4 is 0 Å². The van der Waals surface area contributed by atoms with Crippen LogP contribution >= 0.6 is 0 Å². The minimum atomic E-state index is -2.58. The molecule has 0 aromatic heterocycles. The van der Waals surface area contributed by atoms with Gasteiger partial charge in [0.05, 0.1) is 12.3 Å². The summed E-state index contributed by atoms with van der Waals surface area (Å²) >= 11 is 0. The lowest BCUT2D eigenvalue weighted by molar-refractivity contribution is -0.153. The van der Waals surface area contributed by atoms with Crippen molar-refractivity contribution in [2.45, 2.75) is 90.8 Å². The van der Waals surface area contributed by atoms with Crippen LogP contribution in [0, 0.1) is 5.92 Å². The van der Waals surface area contributed by atoms with E-state index in [1.165, 1.54) is 0 Å². The van der Waals surface area contributed by atoms with Crippen molar-refractivity contribution in [3.8, 4) is 0 Å². The Labute approximate surface area is 182 Å². The zero-order valence-corrected chi connectivity index (χ0v) is 25.0. The van der Waals surface area contributed by atoms with E-state index >= 15 is 0 Å². The Hall–Kier alpha value is 0.0644. The van der Waals surface area contributed by atoms with Crippen LogP contribution in [0.3, 0.4) is 0 Å². The highest BCUT2D eigenvalue weighted by Crippen LogP contribution is 2.29. The molecule has 0 bridgehead atoms. The Morgan fingerprint density at radius 2 is 1.52 bits per heavy atom. The number of cyclic esters (lactones) is 2. The number of esters is 2. The summed E-state index contributed by atoms with van der Waals surface area (Å²) in [6, 6.07) is 0.739. The molecular formula is C17H40O7Si5. The molecule has 12 heteroatoms. The van der Waals surface area contributed by atoms with Gasteiger partial charge in [-0.1, -0.05) is 6.42 Å². The van der Waals surface area contributed by atoms with Crippen molar-refractivity contribution in [2.24, 2.45) is 5.92 Å². The van der Waals surface area contributed by atoms with Gasteiger partial charge in [0.15, 0.2) is 16.6 Å². The van der Waals surface area contributed by atoms with Gasteiger partial charge >= 0.3 is 29.1 Å². The monoisotopic (exact) mass is 496 g/mol. The van der Waals surface area contributed by atoms with Crippen molar-refractivity contribution in [1.82, 2.24) is 0 Å². The maximum Gasteiger partial charge on any atom is 0.317 e. The fourth-order valence-electron chi connectivity index (χ4n) is 3.70. The van der Waals surface area contributed by atoms with E-state index in [1.807, 2.05) is 0 Å². The lowest BCUT2D eigenvalue weighted by Gasteiger charge is -2.40. The minimum absolute atomic E-state index is 0.182. The third-order valence-corrected chi connectivity index (χ3v) is 20.9. The lowest BCUT2D eigenvalue weighted by atomic mass is 10.0. The van der Waals surface area contributed by atoms with Crippen LogP contribution in [0.25, 0.3) is 0 Å². The molecule has 0 aromatic carbocycles. The predicted octanol–water partition coefficient (Wildman–Crippen LogP) is 4.22.